The number of hydrogen-bond acceptors (Lipinski definition) is 2. The molecule has 0 bridgehead atoms. The van der Waals surface area contributed by atoms with Crippen LogP contribution in [-0.4, -0.2) is 12.3 Å². The highest BCUT2D eigenvalue weighted by Crippen LogP contribution is 2.26. The van der Waals surface area contributed by atoms with E-state index in [1.807, 2.05) is 12.2 Å². The molecule has 0 aromatic rings. The van der Waals surface area contributed by atoms with Crippen molar-refractivity contribution in [1.29, 1.82) is 0 Å². The van der Waals surface area contributed by atoms with E-state index in [1.54, 1.807) is 0 Å². The molecule has 0 aromatic heterocycles. The second kappa shape index (κ2) is 3.12. The van der Waals surface area contributed by atoms with Crippen molar-refractivity contribution >= 4 is 5.78 Å². The molecule has 0 unspecified atom stereocenters. The Balaban J connectivity index is 2.42. The van der Waals surface area contributed by atoms with E-state index in [2.05, 4.69) is 31.3 Å². The van der Waals surface area contributed by atoms with Crippen LogP contribution >= 0.6 is 0 Å². The molecule has 0 saturated carbocycles. The Kier molecular flexibility index (Phi) is 2.06. The molecule has 2 rings (SSSR count). The SMILES string of the molecule is CC1(C)C=CC2=C(C=C1)C(=O)CCN2. The monoisotopic (exact) mass is 189 g/mol. The number of Topliss-reactive ketones (excluding diaryl/α,β-unsaturated/α-hetero) is 1. The number of rotatable bonds is 0. The summed E-state index contributed by atoms with van der Waals surface area (Å²) in [5, 5.41) is 3.25. The zero-order valence-corrected chi connectivity index (χ0v) is 8.63. The number of ketones is 1. The van der Waals surface area contributed by atoms with E-state index < -0.39 is 0 Å². The summed E-state index contributed by atoms with van der Waals surface area (Å²) in [6.07, 6.45) is 8.78. The van der Waals surface area contributed by atoms with Gasteiger partial charge in [0.25, 0.3) is 0 Å². The number of hydrogen-bond donors (Lipinski definition) is 1. The van der Waals surface area contributed by atoms with E-state index in [0.29, 0.717) is 6.42 Å². The van der Waals surface area contributed by atoms with Gasteiger partial charge in [-0.15, -0.1) is 0 Å². The summed E-state index contributed by atoms with van der Waals surface area (Å²) >= 11 is 0. The van der Waals surface area contributed by atoms with E-state index in [0.717, 1.165) is 17.8 Å². The van der Waals surface area contributed by atoms with Gasteiger partial charge in [-0.05, 0) is 6.08 Å². The van der Waals surface area contributed by atoms with Gasteiger partial charge in [0.1, 0.15) is 0 Å². The van der Waals surface area contributed by atoms with Gasteiger partial charge in [-0.2, -0.15) is 0 Å². The second-order valence-electron chi connectivity index (χ2n) is 4.42. The molecular formula is C12H15NO. The van der Waals surface area contributed by atoms with Crippen molar-refractivity contribution < 1.29 is 4.79 Å². The summed E-state index contributed by atoms with van der Waals surface area (Å²) in [6, 6.07) is 0. The minimum atomic E-state index is 0.0410. The third-order valence-electron chi connectivity index (χ3n) is 2.62. The van der Waals surface area contributed by atoms with Gasteiger partial charge in [0.05, 0.1) is 0 Å². The van der Waals surface area contributed by atoms with Gasteiger partial charge in [-0.1, -0.05) is 32.1 Å². The van der Waals surface area contributed by atoms with E-state index in [1.165, 1.54) is 0 Å². The zero-order valence-electron chi connectivity index (χ0n) is 8.63. The molecular weight excluding hydrogens is 174 g/mol. The molecule has 14 heavy (non-hydrogen) atoms. The summed E-state index contributed by atoms with van der Waals surface area (Å²) in [5.74, 6) is 0.248. The largest absolute Gasteiger partial charge is 0.384 e. The standard InChI is InChI=1S/C12H15NO/c1-12(2)6-3-9-10(4-7-12)13-8-5-11(9)14/h3-4,6-7,13H,5,8H2,1-2H3. The number of carbonyl (C=O) groups excluding carboxylic acids is 1. The van der Waals surface area contributed by atoms with E-state index in [-0.39, 0.29) is 11.2 Å². The fourth-order valence-electron chi connectivity index (χ4n) is 1.67. The molecule has 2 heteroatoms. The Morgan fingerprint density at radius 2 is 2.00 bits per heavy atom. The molecule has 0 fully saturated rings. The molecule has 1 heterocycles. The summed E-state index contributed by atoms with van der Waals surface area (Å²) in [4.78, 5) is 11.6. The van der Waals surface area contributed by atoms with Crippen LogP contribution < -0.4 is 5.32 Å². The van der Waals surface area contributed by atoms with Crippen LogP contribution in [0.1, 0.15) is 20.3 Å². The van der Waals surface area contributed by atoms with Gasteiger partial charge in [0, 0.05) is 29.7 Å². The lowest BCUT2D eigenvalue weighted by atomic mass is 9.93. The fraction of sp³-hybridized carbons (Fsp3) is 0.417. The molecule has 2 nitrogen and oxygen atoms in total. The number of nitrogens with one attached hydrogen (secondary N) is 1. The lowest BCUT2D eigenvalue weighted by Gasteiger charge is -2.15. The molecule has 1 N–H and O–H groups in total. The molecule has 74 valence electrons. The fourth-order valence-corrected chi connectivity index (χ4v) is 1.67. The van der Waals surface area contributed by atoms with Crippen molar-refractivity contribution in [3.63, 3.8) is 0 Å². The molecule has 0 amide bonds. The Bertz CT molecular complexity index is 359. The van der Waals surface area contributed by atoms with Crippen molar-refractivity contribution in [3.8, 4) is 0 Å². The van der Waals surface area contributed by atoms with Gasteiger partial charge in [-0.3, -0.25) is 4.79 Å². The van der Waals surface area contributed by atoms with Crippen LogP contribution in [-0.2, 0) is 4.79 Å². The smallest absolute Gasteiger partial charge is 0.166 e. The molecule has 0 spiro atoms. The average molecular weight is 189 g/mol. The van der Waals surface area contributed by atoms with Crippen LogP contribution in [0.25, 0.3) is 0 Å². The highest BCUT2D eigenvalue weighted by molar-refractivity contribution is 6.00. The van der Waals surface area contributed by atoms with Crippen LogP contribution in [0, 0.1) is 5.41 Å². The van der Waals surface area contributed by atoms with Crippen molar-refractivity contribution in [3.05, 3.63) is 35.6 Å². The minimum absolute atomic E-state index is 0.0410. The first-order chi connectivity index (χ1) is 6.58. The van der Waals surface area contributed by atoms with Crippen LogP contribution in [0.3, 0.4) is 0 Å². The molecule has 1 aliphatic carbocycles. The molecule has 0 radical (unpaired) electrons. The van der Waals surface area contributed by atoms with Crippen molar-refractivity contribution in [1.82, 2.24) is 5.32 Å². The normalized spacial score (nSPS) is 24.3. The lowest BCUT2D eigenvalue weighted by Crippen LogP contribution is -2.25. The molecule has 0 aromatic carbocycles. The highest BCUT2D eigenvalue weighted by Gasteiger charge is 2.20. The van der Waals surface area contributed by atoms with Gasteiger partial charge >= 0.3 is 0 Å². The van der Waals surface area contributed by atoms with E-state index in [4.69, 9.17) is 0 Å². The van der Waals surface area contributed by atoms with Crippen molar-refractivity contribution in [2.24, 2.45) is 5.41 Å². The quantitative estimate of drug-likeness (QED) is 0.631. The summed E-state index contributed by atoms with van der Waals surface area (Å²) < 4.78 is 0. The summed E-state index contributed by atoms with van der Waals surface area (Å²) in [7, 11) is 0. The summed E-state index contributed by atoms with van der Waals surface area (Å²) in [5.41, 5.74) is 1.85. The zero-order chi connectivity index (χ0) is 10.2. The first-order valence-electron chi connectivity index (χ1n) is 4.98. The Morgan fingerprint density at radius 1 is 1.29 bits per heavy atom. The lowest BCUT2D eigenvalue weighted by molar-refractivity contribution is -0.115. The number of carbonyl (C=O) groups is 1. The maximum Gasteiger partial charge on any atom is 0.166 e. The molecule has 0 atom stereocenters. The molecule has 1 aliphatic heterocycles. The number of allylic oxidation sites excluding steroid dienone is 5. The van der Waals surface area contributed by atoms with Crippen LogP contribution in [0.4, 0.5) is 0 Å². The van der Waals surface area contributed by atoms with Crippen molar-refractivity contribution in [2.45, 2.75) is 20.3 Å². The third-order valence-corrected chi connectivity index (χ3v) is 2.62. The van der Waals surface area contributed by atoms with Crippen molar-refractivity contribution in [2.75, 3.05) is 6.54 Å². The Labute approximate surface area is 84.4 Å². The second-order valence-corrected chi connectivity index (χ2v) is 4.42. The summed E-state index contributed by atoms with van der Waals surface area (Å²) in [6.45, 7) is 5.02. The van der Waals surface area contributed by atoms with Gasteiger partial charge in [0.15, 0.2) is 5.78 Å². The molecule has 2 aliphatic rings. The van der Waals surface area contributed by atoms with Crippen LogP contribution in [0.2, 0.25) is 0 Å². The van der Waals surface area contributed by atoms with Gasteiger partial charge in [0.2, 0.25) is 0 Å². The first kappa shape index (κ1) is 9.25. The maximum atomic E-state index is 11.6. The van der Waals surface area contributed by atoms with Gasteiger partial charge in [-0.25, -0.2) is 0 Å². The van der Waals surface area contributed by atoms with Crippen LogP contribution in [0.15, 0.2) is 35.6 Å². The topological polar surface area (TPSA) is 29.1 Å². The van der Waals surface area contributed by atoms with Gasteiger partial charge < -0.3 is 5.32 Å². The van der Waals surface area contributed by atoms with E-state index >= 15 is 0 Å². The Hall–Kier alpha value is -1.31. The molecule has 0 saturated heterocycles. The predicted octanol–water partition coefficient (Wildman–Crippen LogP) is 1.96. The highest BCUT2D eigenvalue weighted by atomic mass is 16.1. The Morgan fingerprint density at radius 3 is 2.79 bits per heavy atom. The predicted molar refractivity (Wildman–Crippen MR) is 56.7 cm³/mol. The van der Waals surface area contributed by atoms with Crippen LogP contribution in [0.5, 0.6) is 0 Å². The average Bonchev–Trinajstić information content (AvgIpc) is 2.27. The maximum absolute atomic E-state index is 11.6. The first-order valence-corrected chi connectivity index (χ1v) is 4.98. The third kappa shape index (κ3) is 1.65. The minimum Gasteiger partial charge on any atom is -0.384 e. The van der Waals surface area contributed by atoms with E-state index in [9.17, 15) is 4.79 Å².